The molecule has 0 radical (unpaired) electrons. The number of Topliss-reactive ketones (excluding diaryl/α,β-unsaturated/α-hetero) is 1. The average molecular weight is 372 g/mol. The van der Waals surface area contributed by atoms with Crippen LogP contribution in [-0.4, -0.2) is 52.6 Å². The van der Waals surface area contributed by atoms with Crippen LogP contribution in [0.5, 0.6) is 5.75 Å². The fourth-order valence-corrected chi connectivity index (χ4v) is 4.11. The quantitative estimate of drug-likeness (QED) is 0.765. The van der Waals surface area contributed by atoms with Crippen LogP contribution >= 0.6 is 0 Å². The van der Waals surface area contributed by atoms with Crippen molar-refractivity contribution in [3.8, 4) is 5.75 Å². The second kappa shape index (κ2) is 7.71. The van der Waals surface area contributed by atoms with Gasteiger partial charge in [-0.1, -0.05) is 25.1 Å². The van der Waals surface area contributed by atoms with Crippen molar-refractivity contribution in [3.05, 3.63) is 29.8 Å². The molecule has 6 nitrogen and oxygen atoms in total. The van der Waals surface area contributed by atoms with Gasteiger partial charge in [0.1, 0.15) is 11.4 Å². The van der Waals surface area contributed by atoms with Crippen molar-refractivity contribution in [1.82, 2.24) is 9.80 Å². The molecule has 0 saturated heterocycles. The molecule has 1 aromatic rings. The minimum Gasteiger partial charge on any atom is -0.485 e. The van der Waals surface area contributed by atoms with Crippen LogP contribution in [0.25, 0.3) is 0 Å². The standard InChI is InChI=1S/C21H28N2O4/c1-4-18(25)20(26)23-13-16-7-5-6-8-19(16)27-21(14-23)11-9-17(10-12-21)22(3)15(2)24/h5-8,17H,4,9-14H2,1-3H3. The highest BCUT2D eigenvalue weighted by molar-refractivity contribution is 6.35. The van der Waals surface area contributed by atoms with Gasteiger partial charge in [0.2, 0.25) is 11.7 Å². The molecule has 1 aromatic carbocycles. The van der Waals surface area contributed by atoms with Crippen molar-refractivity contribution in [1.29, 1.82) is 0 Å². The summed E-state index contributed by atoms with van der Waals surface area (Å²) in [5.74, 6) is 0.0539. The van der Waals surface area contributed by atoms with Crippen molar-refractivity contribution in [2.75, 3.05) is 13.6 Å². The van der Waals surface area contributed by atoms with Gasteiger partial charge in [0, 0.05) is 38.5 Å². The van der Waals surface area contributed by atoms with Crippen molar-refractivity contribution >= 4 is 17.6 Å². The zero-order valence-electron chi connectivity index (χ0n) is 16.4. The first-order valence-electron chi connectivity index (χ1n) is 9.67. The summed E-state index contributed by atoms with van der Waals surface area (Å²) in [6.07, 6.45) is 3.34. The number of amides is 2. The summed E-state index contributed by atoms with van der Waals surface area (Å²) < 4.78 is 6.46. The van der Waals surface area contributed by atoms with Gasteiger partial charge in [0.25, 0.3) is 5.91 Å². The molecule has 6 heteroatoms. The van der Waals surface area contributed by atoms with Gasteiger partial charge < -0.3 is 14.5 Å². The van der Waals surface area contributed by atoms with Crippen LogP contribution in [0.15, 0.2) is 24.3 Å². The number of hydrogen-bond donors (Lipinski definition) is 0. The van der Waals surface area contributed by atoms with E-state index in [1.807, 2.05) is 31.3 Å². The van der Waals surface area contributed by atoms with Gasteiger partial charge in [0.15, 0.2) is 0 Å². The second-order valence-electron chi connectivity index (χ2n) is 7.69. The smallest absolute Gasteiger partial charge is 0.290 e. The predicted octanol–water partition coefficient (Wildman–Crippen LogP) is 2.55. The number of hydrogen-bond acceptors (Lipinski definition) is 4. The highest BCUT2D eigenvalue weighted by Gasteiger charge is 2.43. The highest BCUT2D eigenvalue weighted by Crippen LogP contribution is 2.39. The van der Waals surface area contributed by atoms with E-state index in [0.717, 1.165) is 37.0 Å². The molecule has 2 aliphatic rings. The summed E-state index contributed by atoms with van der Waals surface area (Å²) in [7, 11) is 1.84. The Labute approximate surface area is 160 Å². The maximum atomic E-state index is 12.6. The normalized spacial score (nSPS) is 24.6. The Morgan fingerprint density at radius 3 is 2.52 bits per heavy atom. The highest BCUT2D eigenvalue weighted by atomic mass is 16.5. The van der Waals surface area contributed by atoms with Gasteiger partial charge in [-0.2, -0.15) is 0 Å². The third kappa shape index (κ3) is 3.99. The van der Waals surface area contributed by atoms with Gasteiger partial charge in [0.05, 0.1) is 6.54 Å². The minimum absolute atomic E-state index is 0.0634. The molecule has 1 aliphatic carbocycles. The molecule has 146 valence electrons. The molecule has 0 bridgehead atoms. The Hall–Kier alpha value is -2.37. The fourth-order valence-electron chi connectivity index (χ4n) is 4.11. The van der Waals surface area contributed by atoms with E-state index in [1.165, 1.54) is 0 Å². The monoisotopic (exact) mass is 372 g/mol. The summed E-state index contributed by atoms with van der Waals surface area (Å²) in [5, 5.41) is 0. The molecule has 27 heavy (non-hydrogen) atoms. The molecule has 1 spiro atoms. The van der Waals surface area contributed by atoms with Crippen LogP contribution < -0.4 is 4.74 Å². The van der Waals surface area contributed by atoms with Gasteiger partial charge in [-0.3, -0.25) is 14.4 Å². The van der Waals surface area contributed by atoms with Crippen LogP contribution in [0, 0.1) is 0 Å². The van der Waals surface area contributed by atoms with Crippen LogP contribution in [0.1, 0.15) is 51.5 Å². The first kappa shape index (κ1) is 19.4. The zero-order chi connectivity index (χ0) is 19.6. The lowest BCUT2D eigenvalue weighted by molar-refractivity contribution is -0.147. The van der Waals surface area contributed by atoms with Gasteiger partial charge in [-0.05, 0) is 31.7 Å². The van der Waals surface area contributed by atoms with Crippen molar-refractivity contribution in [2.45, 2.75) is 64.1 Å². The van der Waals surface area contributed by atoms with Gasteiger partial charge >= 0.3 is 0 Å². The molecule has 0 atom stereocenters. The van der Waals surface area contributed by atoms with Gasteiger partial charge in [-0.15, -0.1) is 0 Å². The van der Waals surface area contributed by atoms with E-state index in [4.69, 9.17) is 4.74 Å². The number of carbonyl (C=O) groups is 3. The molecular weight excluding hydrogens is 344 g/mol. The molecule has 1 fully saturated rings. The number of carbonyl (C=O) groups excluding carboxylic acids is 3. The summed E-state index contributed by atoms with van der Waals surface area (Å²) in [6, 6.07) is 7.91. The van der Waals surface area contributed by atoms with Crippen molar-refractivity contribution in [2.24, 2.45) is 0 Å². The number of para-hydroxylation sites is 1. The maximum absolute atomic E-state index is 12.6. The van der Waals surface area contributed by atoms with E-state index in [0.29, 0.717) is 13.1 Å². The van der Waals surface area contributed by atoms with Crippen LogP contribution in [0.3, 0.4) is 0 Å². The van der Waals surface area contributed by atoms with Gasteiger partial charge in [-0.25, -0.2) is 0 Å². The summed E-state index contributed by atoms with van der Waals surface area (Å²) >= 11 is 0. The predicted molar refractivity (Wildman–Crippen MR) is 101 cm³/mol. The average Bonchev–Trinajstić information content (AvgIpc) is 2.83. The Balaban J connectivity index is 1.85. The number of ketones is 1. The van der Waals surface area contributed by atoms with Crippen molar-refractivity contribution in [3.63, 3.8) is 0 Å². The third-order valence-electron chi connectivity index (χ3n) is 5.90. The summed E-state index contributed by atoms with van der Waals surface area (Å²) in [5.41, 5.74) is 0.416. The Kier molecular flexibility index (Phi) is 5.53. The molecule has 2 amide bonds. The van der Waals surface area contributed by atoms with E-state index < -0.39 is 11.5 Å². The largest absolute Gasteiger partial charge is 0.485 e. The first-order chi connectivity index (χ1) is 12.8. The molecule has 0 aromatic heterocycles. The van der Waals surface area contributed by atoms with E-state index in [1.54, 1.807) is 23.6 Å². The molecule has 0 N–H and O–H groups in total. The number of benzene rings is 1. The molecule has 1 aliphatic heterocycles. The number of fused-ring (bicyclic) bond motifs is 1. The second-order valence-corrected chi connectivity index (χ2v) is 7.69. The van der Waals surface area contributed by atoms with Crippen LogP contribution in [0.2, 0.25) is 0 Å². The topological polar surface area (TPSA) is 66.9 Å². The zero-order valence-corrected chi connectivity index (χ0v) is 16.4. The Bertz CT molecular complexity index is 737. The molecule has 0 unspecified atom stereocenters. The lowest BCUT2D eigenvalue weighted by Crippen LogP contribution is -2.53. The van der Waals surface area contributed by atoms with E-state index in [9.17, 15) is 14.4 Å². The molecular formula is C21H28N2O4. The molecule has 1 heterocycles. The summed E-state index contributed by atoms with van der Waals surface area (Å²) in [4.78, 5) is 39.8. The van der Waals surface area contributed by atoms with Crippen LogP contribution in [0.4, 0.5) is 0 Å². The van der Waals surface area contributed by atoms with E-state index in [2.05, 4.69) is 0 Å². The summed E-state index contributed by atoms with van der Waals surface area (Å²) in [6.45, 7) is 4.09. The SMILES string of the molecule is CCC(=O)C(=O)N1Cc2ccccc2OC2(CCC(N(C)C(C)=O)CC2)C1. The lowest BCUT2D eigenvalue weighted by atomic mass is 9.81. The maximum Gasteiger partial charge on any atom is 0.290 e. The van der Waals surface area contributed by atoms with Crippen LogP contribution in [-0.2, 0) is 20.9 Å². The number of rotatable bonds is 3. The fraction of sp³-hybridized carbons (Fsp3) is 0.571. The van der Waals surface area contributed by atoms with Crippen molar-refractivity contribution < 1.29 is 19.1 Å². The molecule has 3 rings (SSSR count). The lowest BCUT2D eigenvalue weighted by Gasteiger charge is -2.43. The molecule has 1 saturated carbocycles. The first-order valence-corrected chi connectivity index (χ1v) is 9.67. The third-order valence-corrected chi connectivity index (χ3v) is 5.90. The van der Waals surface area contributed by atoms with E-state index >= 15 is 0 Å². The Morgan fingerprint density at radius 1 is 1.22 bits per heavy atom. The minimum atomic E-state index is -0.510. The van der Waals surface area contributed by atoms with E-state index in [-0.39, 0.29) is 24.2 Å². The number of ether oxygens (including phenoxy) is 1. The Morgan fingerprint density at radius 2 is 1.89 bits per heavy atom. The number of nitrogens with zero attached hydrogens (tertiary/aromatic N) is 2.